The van der Waals surface area contributed by atoms with Crippen LogP contribution in [-0.2, 0) is 4.74 Å². The lowest BCUT2D eigenvalue weighted by molar-refractivity contribution is 0.193. The van der Waals surface area contributed by atoms with Crippen LogP contribution in [0.3, 0.4) is 0 Å². The van der Waals surface area contributed by atoms with E-state index < -0.39 is 0 Å². The van der Waals surface area contributed by atoms with Crippen molar-refractivity contribution in [1.82, 2.24) is 0 Å². The second kappa shape index (κ2) is 36.8. The lowest BCUT2D eigenvalue weighted by Crippen LogP contribution is -2.27. The highest BCUT2D eigenvalue weighted by molar-refractivity contribution is 8.23. The molecule has 0 aliphatic heterocycles. The summed E-state index contributed by atoms with van der Waals surface area (Å²) in [5, 5.41) is 0.690. The SMILES string of the molecule is CCCCCCCCCCCCCCCC(=S)OC(N)CCSC(=S)CCCCCCCCCCCCCCC.Cl. The second-order valence-electron chi connectivity index (χ2n) is 12.0. The molecule has 0 aromatic heterocycles. The molecule has 0 fully saturated rings. The van der Waals surface area contributed by atoms with Gasteiger partial charge in [-0.1, -0.05) is 180 Å². The smallest absolute Gasteiger partial charge is 0.162 e. The van der Waals surface area contributed by atoms with Crippen LogP contribution in [0.2, 0.25) is 0 Å². The molecule has 0 bridgehead atoms. The molecule has 246 valence electrons. The van der Waals surface area contributed by atoms with Gasteiger partial charge >= 0.3 is 0 Å². The molecule has 0 saturated carbocycles. The summed E-state index contributed by atoms with van der Waals surface area (Å²) in [7, 11) is 0. The Labute approximate surface area is 279 Å². The van der Waals surface area contributed by atoms with Crippen LogP contribution in [0.15, 0.2) is 0 Å². The van der Waals surface area contributed by atoms with Crippen molar-refractivity contribution in [2.24, 2.45) is 5.73 Å². The summed E-state index contributed by atoms with van der Waals surface area (Å²) in [6.07, 6.45) is 38.3. The van der Waals surface area contributed by atoms with Crippen molar-refractivity contribution in [3.8, 4) is 0 Å². The molecule has 0 aliphatic rings. The van der Waals surface area contributed by atoms with Gasteiger partial charge in [-0.05, 0) is 31.5 Å². The topological polar surface area (TPSA) is 35.2 Å². The maximum atomic E-state index is 6.16. The summed E-state index contributed by atoms with van der Waals surface area (Å²) in [5.41, 5.74) is 6.16. The lowest BCUT2D eigenvalue weighted by atomic mass is 10.0. The van der Waals surface area contributed by atoms with Crippen LogP contribution in [-0.4, -0.2) is 21.2 Å². The Bertz CT molecular complexity index is 550. The first-order chi connectivity index (χ1) is 19.6. The van der Waals surface area contributed by atoms with Gasteiger partial charge in [0.15, 0.2) is 5.05 Å². The number of thiocarbonyl (C=S) groups is 2. The highest BCUT2D eigenvalue weighted by Gasteiger charge is 2.08. The minimum Gasteiger partial charge on any atom is -0.469 e. The van der Waals surface area contributed by atoms with E-state index in [9.17, 15) is 0 Å². The van der Waals surface area contributed by atoms with Crippen LogP contribution < -0.4 is 5.73 Å². The lowest BCUT2D eigenvalue weighted by Gasteiger charge is -2.15. The highest BCUT2D eigenvalue weighted by atomic mass is 35.5. The predicted molar refractivity (Wildman–Crippen MR) is 199 cm³/mol. The third-order valence-corrected chi connectivity index (χ3v) is 9.74. The normalized spacial score (nSPS) is 11.8. The number of thioether (sulfide) groups is 1. The molecule has 2 N–H and O–H groups in total. The molecule has 6 heteroatoms. The molecule has 0 amide bonds. The molecule has 0 rings (SSSR count). The van der Waals surface area contributed by atoms with Crippen molar-refractivity contribution >= 4 is 57.9 Å². The van der Waals surface area contributed by atoms with Crippen LogP contribution in [0, 0.1) is 0 Å². The Hall–Kier alpha value is 0.580. The fourth-order valence-corrected chi connectivity index (χ4v) is 6.75. The largest absolute Gasteiger partial charge is 0.469 e. The van der Waals surface area contributed by atoms with Gasteiger partial charge in [-0.2, -0.15) is 0 Å². The Morgan fingerprint density at radius 3 is 1.22 bits per heavy atom. The van der Waals surface area contributed by atoms with Crippen molar-refractivity contribution in [1.29, 1.82) is 0 Å². The van der Waals surface area contributed by atoms with Gasteiger partial charge in [0.25, 0.3) is 0 Å². The summed E-state index contributed by atoms with van der Waals surface area (Å²) in [5.74, 6) is 0.930. The molecule has 0 saturated heterocycles. The van der Waals surface area contributed by atoms with E-state index in [0.29, 0.717) is 5.05 Å². The van der Waals surface area contributed by atoms with E-state index in [0.717, 1.165) is 35.6 Å². The molecule has 0 aromatic rings. The molecule has 0 aliphatic carbocycles. The monoisotopic (exact) mass is 651 g/mol. The maximum absolute atomic E-state index is 6.16. The van der Waals surface area contributed by atoms with Gasteiger partial charge in [0, 0.05) is 22.8 Å². The number of hydrogen-bond donors (Lipinski definition) is 1. The first-order valence-corrected chi connectivity index (χ1v) is 19.5. The zero-order chi connectivity index (χ0) is 29.4. The number of hydrogen-bond acceptors (Lipinski definition) is 5. The summed E-state index contributed by atoms with van der Waals surface area (Å²) in [4.78, 5) is 0. The Balaban J connectivity index is 0. The van der Waals surface area contributed by atoms with E-state index >= 15 is 0 Å². The zero-order valence-corrected chi connectivity index (χ0v) is 30.7. The molecule has 0 heterocycles. The Morgan fingerprint density at radius 2 is 0.854 bits per heavy atom. The molecule has 2 nitrogen and oxygen atoms in total. The average molecular weight is 653 g/mol. The number of unbranched alkanes of at least 4 members (excludes halogenated alkanes) is 24. The van der Waals surface area contributed by atoms with Gasteiger partial charge in [-0.3, -0.25) is 5.73 Å². The number of ether oxygens (including phenoxy) is 1. The standard InChI is InChI=1S/C35H69NOS3.ClH/c1-3-5-7-9-11-13-15-17-19-21-23-25-27-29-34(38)37-33(36)31-32-40-35(39)30-28-26-24-22-20-18-16-14-12-10-8-6-4-2;/h33H,3-32,36H2,1-2H3;1H. The second-order valence-corrected chi connectivity index (χ2v) is 14.4. The summed E-state index contributed by atoms with van der Waals surface area (Å²) < 4.78 is 6.90. The molecule has 1 unspecified atom stereocenters. The first kappa shape index (κ1) is 43.7. The van der Waals surface area contributed by atoms with Crippen molar-refractivity contribution in [2.75, 3.05) is 5.75 Å². The maximum Gasteiger partial charge on any atom is 0.162 e. The van der Waals surface area contributed by atoms with Crippen molar-refractivity contribution in [3.05, 3.63) is 0 Å². The highest BCUT2D eigenvalue weighted by Crippen LogP contribution is 2.17. The van der Waals surface area contributed by atoms with Gasteiger partial charge in [0.05, 0.1) is 0 Å². The fourth-order valence-electron chi connectivity index (χ4n) is 5.22. The van der Waals surface area contributed by atoms with Crippen LogP contribution in [0.1, 0.15) is 200 Å². The molecular weight excluding hydrogens is 582 g/mol. The molecule has 0 radical (unpaired) electrons. The van der Waals surface area contributed by atoms with E-state index in [-0.39, 0.29) is 18.6 Å². The van der Waals surface area contributed by atoms with Crippen molar-refractivity contribution in [3.63, 3.8) is 0 Å². The Morgan fingerprint density at radius 1 is 0.537 bits per heavy atom. The van der Waals surface area contributed by atoms with Crippen LogP contribution in [0.25, 0.3) is 0 Å². The van der Waals surface area contributed by atoms with Gasteiger partial charge in [-0.15, -0.1) is 24.2 Å². The van der Waals surface area contributed by atoms with E-state index in [2.05, 4.69) is 13.8 Å². The molecule has 0 aromatic carbocycles. The van der Waals surface area contributed by atoms with Crippen LogP contribution in [0.4, 0.5) is 0 Å². The molecule has 0 spiro atoms. The van der Waals surface area contributed by atoms with Gasteiger partial charge < -0.3 is 4.74 Å². The van der Waals surface area contributed by atoms with Gasteiger partial charge in [-0.25, -0.2) is 0 Å². The predicted octanol–water partition coefficient (Wildman–Crippen LogP) is 13.5. The third kappa shape index (κ3) is 36.7. The summed E-state index contributed by atoms with van der Waals surface area (Å²) >= 11 is 12.8. The summed E-state index contributed by atoms with van der Waals surface area (Å²) in [6.45, 7) is 4.58. The fraction of sp³-hybridized carbons (Fsp3) is 0.943. The first-order valence-electron chi connectivity index (χ1n) is 17.7. The number of rotatable bonds is 32. The van der Waals surface area contributed by atoms with Gasteiger partial charge in [0.2, 0.25) is 0 Å². The minimum absolute atomic E-state index is 0. The molecule has 1 atom stereocenters. The van der Waals surface area contributed by atoms with Crippen LogP contribution >= 0.6 is 48.6 Å². The van der Waals surface area contributed by atoms with E-state index in [1.807, 2.05) is 0 Å². The minimum atomic E-state index is -0.291. The third-order valence-electron chi connectivity index (χ3n) is 7.92. The van der Waals surface area contributed by atoms with E-state index in [1.54, 1.807) is 11.8 Å². The van der Waals surface area contributed by atoms with E-state index in [4.69, 9.17) is 34.9 Å². The average Bonchev–Trinajstić information content (AvgIpc) is 2.93. The van der Waals surface area contributed by atoms with Crippen LogP contribution in [0.5, 0.6) is 0 Å². The number of nitrogens with two attached hydrogens (primary N) is 1. The Kier molecular flexibility index (Phi) is 39.2. The number of halogens is 1. The molecular formula is C35H70ClNOS3. The van der Waals surface area contributed by atoms with Gasteiger partial charge in [0.1, 0.15) is 6.23 Å². The van der Waals surface area contributed by atoms with Crippen molar-refractivity contribution in [2.45, 2.75) is 206 Å². The van der Waals surface area contributed by atoms with E-state index in [1.165, 1.54) is 161 Å². The summed E-state index contributed by atoms with van der Waals surface area (Å²) in [6, 6.07) is 0. The zero-order valence-electron chi connectivity index (χ0n) is 27.4. The van der Waals surface area contributed by atoms with Crippen molar-refractivity contribution < 1.29 is 4.74 Å². The quantitative estimate of drug-likeness (QED) is 0.0445. The molecule has 41 heavy (non-hydrogen) atoms.